The zero-order valence-electron chi connectivity index (χ0n) is 8.74. The lowest BCUT2D eigenvalue weighted by atomic mass is 9.70. The molecule has 0 unspecified atom stereocenters. The van der Waals surface area contributed by atoms with Crippen molar-refractivity contribution in [2.24, 2.45) is 5.92 Å². The summed E-state index contributed by atoms with van der Waals surface area (Å²) in [5.74, 6) is 2.09. The van der Waals surface area contributed by atoms with Gasteiger partial charge >= 0.3 is 0 Å². The minimum absolute atomic E-state index is 0.373. The standard InChI is InChI=1S/C13H18O/c1-2-3-10-8-12(9-10)11-4-6-13(14)7-5-11/h4-7,10,12,14H,2-3,8-9H2,1H3. The van der Waals surface area contributed by atoms with Gasteiger partial charge in [0.25, 0.3) is 0 Å². The lowest BCUT2D eigenvalue weighted by Gasteiger charge is -2.35. The van der Waals surface area contributed by atoms with E-state index in [9.17, 15) is 0 Å². The highest BCUT2D eigenvalue weighted by Crippen LogP contribution is 2.43. The quantitative estimate of drug-likeness (QED) is 0.770. The van der Waals surface area contributed by atoms with E-state index in [2.05, 4.69) is 19.1 Å². The van der Waals surface area contributed by atoms with Crippen molar-refractivity contribution >= 4 is 0 Å². The van der Waals surface area contributed by atoms with Crippen molar-refractivity contribution < 1.29 is 5.11 Å². The monoisotopic (exact) mass is 190 g/mol. The fourth-order valence-electron chi connectivity index (χ4n) is 2.40. The summed E-state index contributed by atoms with van der Waals surface area (Å²) in [6.07, 6.45) is 5.39. The molecule has 2 rings (SSSR count). The molecule has 1 nitrogen and oxygen atoms in total. The van der Waals surface area contributed by atoms with E-state index in [1.54, 1.807) is 12.1 Å². The Hall–Kier alpha value is -0.980. The van der Waals surface area contributed by atoms with Crippen LogP contribution < -0.4 is 0 Å². The van der Waals surface area contributed by atoms with Gasteiger partial charge < -0.3 is 5.11 Å². The second-order valence-electron chi connectivity index (χ2n) is 4.41. The molecule has 76 valence electrons. The first-order valence-electron chi connectivity index (χ1n) is 5.58. The maximum atomic E-state index is 9.17. The first kappa shape index (κ1) is 9.57. The van der Waals surface area contributed by atoms with Gasteiger partial charge in [-0.15, -0.1) is 0 Å². The van der Waals surface area contributed by atoms with E-state index in [1.807, 2.05) is 0 Å². The van der Waals surface area contributed by atoms with Crippen LogP contribution in [0.15, 0.2) is 24.3 Å². The van der Waals surface area contributed by atoms with Crippen LogP contribution in [-0.4, -0.2) is 5.11 Å². The van der Waals surface area contributed by atoms with Gasteiger partial charge in [-0.3, -0.25) is 0 Å². The molecule has 1 aliphatic carbocycles. The third-order valence-electron chi connectivity index (χ3n) is 3.30. The summed E-state index contributed by atoms with van der Waals surface area (Å²) in [4.78, 5) is 0. The Kier molecular flexibility index (Phi) is 2.76. The average Bonchev–Trinajstić information content (AvgIpc) is 2.13. The normalized spacial score (nSPS) is 25.8. The summed E-state index contributed by atoms with van der Waals surface area (Å²) >= 11 is 0. The predicted octanol–water partition coefficient (Wildman–Crippen LogP) is 3.69. The van der Waals surface area contributed by atoms with E-state index < -0.39 is 0 Å². The van der Waals surface area contributed by atoms with Gasteiger partial charge in [0.05, 0.1) is 0 Å². The van der Waals surface area contributed by atoms with Crippen molar-refractivity contribution in [1.29, 1.82) is 0 Å². The number of phenolic OH excluding ortho intramolecular Hbond substituents is 1. The molecule has 0 aromatic heterocycles. The summed E-state index contributed by atoms with van der Waals surface area (Å²) in [5.41, 5.74) is 1.40. The van der Waals surface area contributed by atoms with Crippen LogP contribution in [0.1, 0.15) is 44.1 Å². The fraction of sp³-hybridized carbons (Fsp3) is 0.538. The van der Waals surface area contributed by atoms with E-state index in [1.165, 1.54) is 31.2 Å². The highest BCUT2D eigenvalue weighted by molar-refractivity contribution is 5.29. The Balaban J connectivity index is 1.90. The molecule has 1 aromatic carbocycles. The van der Waals surface area contributed by atoms with Crippen LogP contribution in [0.3, 0.4) is 0 Å². The van der Waals surface area contributed by atoms with Crippen molar-refractivity contribution in [3.8, 4) is 5.75 Å². The van der Waals surface area contributed by atoms with Gasteiger partial charge in [0.2, 0.25) is 0 Å². The minimum Gasteiger partial charge on any atom is -0.508 e. The van der Waals surface area contributed by atoms with Crippen LogP contribution in [0.5, 0.6) is 5.75 Å². The maximum Gasteiger partial charge on any atom is 0.115 e. The Labute approximate surface area is 85.8 Å². The van der Waals surface area contributed by atoms with Gasteiger partial charge in [-0.05, 0) is 42.4 Å². The van der Waals surface area contributed by atoms with Gasteiger partial charge in [0, 0.05) is 0 Å². The molecule has 1 aliphatic rings. The lowest BCUT2D eigenvalue weighted by molar-refractivity contribution is 0.246. The molecule has 0 atom stereocenters. The first-order chi connectivity index (χ1) is 6.79. The summed E-state index contributed by atoms with van der Waals surface area (Å²) in [7, 11) is 0. The number of hydrogen-bond acceptors (Lipinski definition) is 1. The van der Waals surface area contributed by atoms with Crippen molar-refractivity contribution in [2.75, 3.05) is 0 Å². The van der Waals surface area contributed by atoms with Gasteiger partial charge in [-0.25, -0.2) is 0 Å². The molecule has 0 saturated heterocycles. The molecular weight excluding hydrogens is 172 g/mol. The Morgan fingerprint density at radius 1 is 1.21 bits per heavy atom. The number of benzene rings is 1. The second kappa shape index (κ2) is 4.04. The summed E-state index contributed by atoms with van der Waals surface area (Å²) < 4.78 is 0. The van der Waals surface area contributed by atoms with Crippen molar-refractivity contribution in [2.45, 2.75) is 38.5 Å². The van der Waals surface area contributed by atoms with Gasteiger partial charge in [0.15, 0.2) is 0 Å². The van der Waals surface area contributed by atoms with E-state index >= 15 is 0 Å². The molecule has 0 aliphatic heterocycles. The molecule has 14 heavy (non-hydrogen) atoms. The highest BCUT2D eigenvalue weighted by atomic mass is 16.3. The Bertz CT molecular complexity index is 283. The third-order valence-corrected chi connectivity index (χ3v) is 3.30. The van der Waals surface area contributed by atoms with Gasteiger partial charge in [-0.1, -0.05) is 31.9 Å². The van der Waals surface area contributed by atoms with Crippen molar-refractivity contribution in [1.82, 2.24) is 0 Å². The molecular formula is C13H18O. The molecule has 1 heteroatoms. The van der Waals surface area contributed by atoms with Crippen LogP contribution in [-0.2, 0) is 0 Å². The van der Waals surface area contributed by atoms with E-state index in [0.717, 1.165) is 11.8 Å². The molecule has 0 bridgehead atoms. The summed E-state index contributed by atoms with van der Waals surface area (Å²) in [6.45, 7) is 2.26. The molecule has 1 fully saturated rings. The van der Waals surface area contributed by atoms with Crippen LogP contribution in [0.2, 0.25) is 0 Å². The summed E-state index contributed by atoms with van der Waals surface area (Å²) in [5, 5.41) is 9.17. The van der Waals surface area contributed by atoms with Crippen molar-refractivity contribution in [3.05, 3.63) is 29.8 Å². The smallest absolute Gasteiger partial charge is 0.115 e. The third kappa shape index (κ3) is 1.92. The van der Waals surface area contributed by atoms with E-state index in [0.29, 0.717) is 5.75 Å². The topological polar surface area (TPSA) is 20.2 Å². The van der Waals surface area contributed by atoms with E-state index in [-0.39, 0.29) is 0 Å². The highest BCUT2D eigenvalue weighted by Gasteiger charge is 2.29. The minimum atomic E-state index is 0.373. The van der Waals surface area contributed by atoms with Crippen LogP contribution >= 0.6 is 0 Å². The number of hydrogen-bond donors (Lipinski definition) is 1. The molecule has 0 spiro atoms. The Morgan fingerprint density at radius 3 is 2.43 bits per heavy atom. The van der Waals surface area contributed by atoms with Gasteiger partial charge in [0.1, 0.15) is 5.75 Å². The first-order valence-corrected chi connectivity index (χ1v) is 5.58. The predicted molar refractivity (Wildman–Crippen MR) is 58.5 cm³/mol. The number of rotatable bonds is 3. The SMILES string of the molecule is CCCC1CC(c2ccc(O)cc2)C1. The van der Waals surface area contributed by atoms with Crippen molar-refractivity contribution in [3.63, 3.8) is 0 Å². The fourth-order valence-corrected chi connectivity index (χ4v) is 2.40. The van der Waals surface area contributed by atoms with Gasteiger partial charge in [-0.2, -0.15) is 0 Å². The number of aromatic hydroxyl groups is 1. The van der Waals surface area contributed by atoms with Crippen LogP contribution in [0.4, 0.5) is 0 Å². The lowest BCUT2D eigenvalue weighted by Crippen LogP contribution is -2.21. The Morgan fingerprint density at radius 2 is 1.86 bits per heavy atom. The number of phenols is 1. The second-order valence-corrected chi connectivity index (χ2v) is 4.41. The molecule has 0 heterocycles. The summed E-state index contributed by atoms with van der Waals surface area (Å²) in [6, 6.07) is 7.70. The van der Waals surface area contributed by atoms with E-state index in [4.69, 9.17) is 5.11 Å². The molecule has 0 amide bonds. The van der Waals surface area contributed by atoms with Crippen LogP contribution in [0.25, 0.3) is 0 Å². The molecule has 1 N–H and O–H groups in total. The zero-order valence-corrected chi connectivity index (χ0v) is 8.74. The molecule has 1 saturated carbocycles. The maximum absolute atomic E-state index is 9.17. The largest absolute Gasteiger partial charge is 0.508 e. The molecule has 0 radical (unpaired) electrons. The zero-order chi connectivity index (χ0) is 9.97. The average molecular weight is 190 g/mol. The van der Waals surface area contributed by atoms with Crippen LogP contribution in [0, 0.1) is 5.92 Å². The molecule has 1 aromatic rings.